The van der Waals surface area contributed by atoms with Crippen LogP contribution >= 0.6 is 0 Å². The first-order valence-electron chi connectivity index (χ1n) is 25.2. The highest BCUT2D eigenvalue weighted by Gasteiger charge is 2.46. The molecule has 0 radical (unpaired) electrons. The summed E-state index contributed by atoms with van der Waals surface area (Å²) in [5.41, 5.74) is -3.82. The Morgan fingerprint density at radius 2 is 1.18 bits per heavy atom. The first kappa shape index (κ1) is 57.2. The number of ether oxygens (including phenoxy) is 5. The molecule has 68 heavy (non-hydrogen) atoms. The first-order valence-corrected chi connectivity index (χ1v) is 25.2. The molecule has 0 N–H and O–H groups in total. The number of nitrogens with zero attached hydrogens (tertiary/aromatic N) is 1. The maximum absolute atomic E-state index is 14.3. The summed E-state index contributed by atoms with van der Waals surface area (Å²) in [6.45, 7) is 13.5. The summed E-state index contributed by atoms with van der Waals surface area (Å²) in [6, 6.07) is 17.8. The lowest BCUT2D eigenvalue weighted by atomic mass is 9.73. The topological polar surface area (TPSA) is 169 Å². The number of hydrogen-bond donors (Lipinski definition) is 0. The van der Waals surface area contributed by atoms with E-state index < -0.39 is 34.0 Å². The van der Waals surface area contributed by atoms with Crippen LogP contribution in [0.5, 0.6) is 11.5 Å². The van der Waals surface area contributed by atoms with Crippen molar-refractivity contribution >= 4 is 41.2 Å². The Labute approximate surface area is 406 Å². The number of amides is 1. The Balaban J connectivity index is 1.74. The molecular weight excluding hydrogens is 867 g/mol. The molecule has 1 fully saturated rings. The minimum atomic E-state index is -1.81. The molecule has 0 saturated carbocycles. The lowest BCUT2D eigenvalue weighted by molar-refractivity contribution is -0.168. The van der Waals surface area contributed by atoms with E-state index in [-0.39, 0.29) is 113 Å². The Hall–Kier alpha value is -5.07. The van der Waals surface area contributed by atoms with Crippen LogP contribution in [0, 0.1) is 22.2 Å². The number of hydrogen-bond acceptors (Lipinski definition) is 12. The lowest BCUT2D eigenvalue weighted by Gasteiger charge is -2.37. The molecule has 1 heterocycles. The van der Waals surface area contributed by atoms with Crippen molar-refractivity contribution in [1.29, 1.82) is 0 Å². The number of carbonyl (C=O) groups is 7. The summed E-state index contributed by atoms with van der Waals surface area (Å²) in [4.78, 5) is 96.9. The van der Waals surface area contributed by atoms with E-state index in [1.54, 1.807) is 31.2 Å². The molecule has 13 nitrogen and oxygen atoms in total. The maximum Gasteiger partial charge on any atom is 0.319 e. The molecule has 1 aliphatic heterocycles. The van der Waals surface area contributed by atoms with Gasteiger partial charge in [0.05, 0.1) is 30.7 Å². The van der Waals surface area contributed by atoms with Gasteiger partial charge in [0.15, 0.2) is 0 Å². The molecule has 1 saturated heterocycles. The average Bonchev–Trinajstić information content (AvgIpc) is 3.56. The van der Waals surface area contributed by atoms with Crippen LogP contribution in [0.4, 0.5) is 0 Å². The number of carbonyl (C=O) groups excluding carboxylic acids is 7. The van der Waals surface area contributed by atoms with Crippen molar-refractivity contribution in [3.05, 3.63) is 60.7 Å². The largest absolute Gasteiger partial charge is 0.493 e. The number of para-hydroxylation sites is 2. The SMILES string of the molecule is CCCCC(CC)COC(=O)C(C)(CC)CCC(C)(CC(C)N1CCCCCC1=O)C(=O)OCCOC(=O)C(CCC(=O)CCOc1ccccc1)(CCC(=O)CCOc1ccccc1)C(C)=O. The number of ketones is 3. The predicted molar refractivity (Wildman–Crippen MR) is 261 cm³/mol. The Bertz CT molecular complexity index is 1820. The third kappa shape index (κ3) is 18.8. The van der Waals surface area contributed by atoms with E-state index in [0.29, 0.717) is 43.9 Å². The molecule has 4 atom stereocenters. The monoisotopic (exact) mass is 948 g/mol. The average molecular weight is 948 g/mol. The minimum absolute atomic E-state index is 0.0455. The molecule has 13 heteroatoms. The molecule has 378 valence electrons. The molecule has 2 aromatic rings. The molecular formula is C55H81NO12. The van der Waals surface area contributed by atoms with Crippen LogP contribution in [0.15, 0.2) is 60.7 Å². The second-order valence-corrected chi connectivity index (χ2v) is 19.3. The zero-order valence-corrected chi connectivity index (χ0v) is 42.2. The number of rotatable bonds is 34. The van der Waals surface area contributed by atoms with Gasteiger partial charge in [-0.2, -0.15) is 0 Å². The third-order valence-corrected chi connectivity index (χ3v) is 13.9. The van der Waals surface area contributed by atoms with Gasteiger partial charge in [-0.1, -0.05) is 82.9 Å². The van der Waals surface area contributed by atoms with Crippen molar-refractivity contribution in [2.75, 3.05) is 39.6 Å². The van der Waals surface area contributed by atoms with Crippen molar-refractivity contribution in [3.8, 4) is 11.5 Å². The van der Waals surface area contributed by atoms with Gasteiger partial charge in [0.1, 0.15) is 47.5 Å². The Morgan fingerprint density at radius 1 is 0.647 bits per heavy atom. The summed E-state index contributed by atoms with van der Waals surface area (Å²) >= 11 is 0. The second kappa shape index (κ2) is 29.7. The number of likely N-dealkylation sites (tertiary alicyclic amines) is 1. The predicted octanol–water partition coefficient (Wildman–Crippen LogP) is 10.4. The van der Waals surface area contributed by atoms with Gasteiger partial charge in [0.2, 0.25) is 5.91 Å². The second-order valence-electron chi connectivity index (χ2n) is 19.3. The van der Waals surface area contributed by atoms with Gasteiger partial charge >= 0.3 is 17.9 Å². The smallest absolute Gasteiger partial charge is 0.319 e. The zero-order valence-electron chi connectivity index (χ0n) is 42.2. The van der Waals surface area contributed by atoms with Crippen molar-refractivity contribution in [1.82, 2.24) is 4.90 Å². The first-order chi connectivity index (χ1) is 32.5. The van der Waals surface area contributed by atoms with Crippen molar-refractivity contribution < 1.29 is 57.2 Å². The number of benzene rings is 2. The van der Waals surface area contributed by atoms with Crippen LogP contribution in [0.3, 0.4) is 0 Å². The highest BCUT2D eigenvalue weighted by Crippen LogP contribution is 2.40. The van der Waals surface area contributed by atoms with E-state index in [2.05, 4.69) is 13.8 Å². The fourth-order valence-corrected chi connectivity index (χ4v) is 8.72. The summed E-state index contributed by atoms with van der Waals surface area (Å²) in [7, 11) is 0. The molecule has 3 rings (SSSR count). The molecule has 0 aliphatic carbocycles. The van der Waals surface area contributed by atoms with Gasteiger partial charge in [-0.05, 0) is 116 Å². The van der Waals surface area contributed by atoms with Gasteiger partial charge in [0, 0.05) is 44.7 Å². The van der Waals surface area contributed by atoms with Gasteiger partial charge in [-0.3, -0.25) is 33.6 Å². The number of Topliss-reactive ketones (excluding diaryl/α,β-unsaturated/α-hetero) is 3. The van der Waals surface area contributed by atoms with Crippen LogP contribution in [0.1, 0.15) is 164 Å². The fraction of sp³-hybridized carbons (Fsp3) is 0.655. The van der Waals surface area contributed by atoms with Crippen LogP contribution in [-0.2, 0) is 47.8 Å². The summed E-state index contributed by atoms with van der Waals surface area (Å²) in [6.07, 6.45) is 7.97. The summed E-state index contributed by atoms with van der Waals surface area (Å²) in [5, 5.41) is 0. The van der Waals surface area contributed by atoms with Gasteiger partial charge < -0.3 is 28.6 Å². The van der Waals surface area contributed by atoms with E-state index in [1.807, 2.05) is 62.1 Å². The maximum atomic E-state index is 14.3. The van der Waals surface area contributed by atoms with E-state index in [4.69, 9.17) is 23.7 Å². The molecule has 1 aliphatic rings. The zero-order chi connectivity index (χ0) is 50.0. The van der Waals surface area contributed by atoms with Crippen LogP contribution in [0.25, 0.3) is 0 Å². The van der Waals surface area contributed by atoms with Crippen LogP contribution in [-0.4, -0.2) is 91.7 Å². The van der Waals surface area contributed by atoms with Crippen LogP contribution < -0.4 is 9.47 Å². The number of unbranched alkanes of at least 4 members (excludes halogenated alkanes) is 1. The van der Waals surface area contributed by atoms with E-state index in [9.17, 15) is 33.6 Å². The van der Waals surface area contributed by atoms with E-state index >= 15 is 0 Å². The molecule has 0 bridgehead atoms. The third-order valence-electron chi connectivity index (χ3n) is 13.9. The summed E-state index contributed by atoms with van der Waals surface area (Å²) < 4.78 is 28.9. The van der Waals surface area contributed by atoms with Crippen molar-refractivity contribution in [2.24, 2.45) is 22.2 Å². The molecule has 0 aromatic heterocycles. The quantitative estimate of drug-likeness (QED) is 0.0282. The minimum Gasteiger partial charge on any atom is -0.493 e. The highest BCUT2D eigenvalue weighted by molar-refractivity contribution is 6.03. The Morgan fingerprint density at radius 3 is 1.69 bits per heavy atom. The van der Waals surface area contributed by atoms with Crippen LogP contribution in [0.2, 0.25) is 0 Å². The van der Waals surface area contributed by atoms with E-state index in [1.165, 1.54) is 6.92 Å². The van der Waals surface area contributed by atoms with Gasteiger partial charge in [-0.25, -0.2) is 0 Å². The lowest BCUT2D eigenvalue weighted by Crippen LogP contribution is -2.44. The molecule has 1 amide bonds. The van der Waals surface area contributed by atoms with Crippen molar-refractivity contribution in [3.63, 3.8) is 0 Å². The van der Waals surface area contributed by atoms with E-state index in [0.717, 1.165) is 44.9 Å². The Kier molecular flexibility index (Phi) is 25.0. The molecule has 2 aromatic carbocycles. The number of esters is 3. The fourth-order valence-electron chi connectivity index (χ4n) is 8.72. The normalized spacial score (nSPS) is 15.7. The van der Waals surface area contributed by atoms with Gasteiger partial charge in [-0.15, -0.1) is 0 Å². The highest BCUT2D eigenvalue weighted by atomic mass is 16.6. The molecule has 0 spiro atoms. The standard InChI is InChI=1S/C55H81NO12/c1-8-11-21-44(9-2)41-68-50(61)53(6,10-3)33-34-54(7,40-42(4)56-35-20-14-19-26-49(56)60)51(62)66-38-39-67-52(63)55(43(5)57,31-27-45(58)29-36-64-47-22-15-12-16-23-47)32-28-46(59)30-37-65-48-24-17-13-18-25-48/h12-13,15-18,22-25,42,44H,8-11,14,19-21,26-41H2,1-7H3. The van der Waals surface area contributed by atoms with Crippen molar-refractivity contribution in [2.45, 2.75) is 170 Å². The van der Waals surface area contributed by atoms with Gasteiger partial charge in [0.25, 0.3) is 0 Å². The summed E-state index contributed by atoms with van der Waals surface area (Å²) in [5.74, 6) is -1.22. The molecule has 4 unspecified atom stereocenters.